The third kappa shape index (κ3) is 10.9. The van der Waals surface area contributed by atoms with Crippen LogP contribution < -0.4 is 0 Å². The summed E-state index contributed by atoms with van der Waals surface area (Å²) in [7, 11) is 3.22. The molecule has 3 N–H and O–H groups in total. The maximum atomic E-state index is 14.5. The average Bonchev–Trinajstić information content (AvgIpc) is 3.60. The molecule has 1 aliphatic carbocycles. The third-order valence-electron chi connectivity index (χ3n) is 15.1. The van der Waals surface area contributed by atoms with E-state index in [9.17, 15) is 20.1 Å². The van der Waals surface area contributed by atoms with E-state index in [2.05, 4.69) is 46.8 Å². The minimum atomic E-state index is -1.84. The lowest BCUT2D eigenvalue weighted by molar-refractivity contribution is -0.318. The Labute approximate surface area is 386 Å². The van der Waals surface area contributed by atoms with Gasteiger partial charge in [-0.05, 0) is 75.7 Å². The molecule has 4 fully saturated rings. The quantitative estimate of drug-likeness (QED) is 0.158. The lowest BCUT2D eigenvalue weighted by Crippen LogP contribution is -2.56. The van der Waals surface area contributed by atoms with Crippen LogP contribution >= 0.6 is 0 Å². The van der Waals surface area contributed by atoms with E-state index in [1.165, 1.54) is 0 Å². The first-order valence-corrected chi connectivity index (χ1v) is 24.2. The second-order valence-electron chi connectivity index (χ2n) is 20.5. The lowest BCUT2D eigenvalue weighted by atomic mass is 9.68. The van der Waals surface area contributed by atoms with Crippen molar-refractivity contribution < 1.29 is 67.5 Å². The molecule has 2 bridgehead atoms. The van der Waals surface area contributed by atoms with Gasteiger partial charge in [-0.15, -0.1) is 0 Å². The van der Waals surface area contributed by atoms with Crippen molar-refractivity contribution >= 4 is 5.97 Å². The van der Waals surface area contributed by atoms with Crippen molar-refractivity contribution in [2.45, 2.75) is 198 Å². The van der Waals surface area contributed by atoms with Gasteiger partial charge in [0.15, 0.2) is 18.4 Å². The van der Waals surface area contributed by atoms with E-state index in [0.29, 0.717) is 43.6 Å². The van der Waals surface area contributed by atoms with Gasteiger partial charge in [0.05, 0.1) is 61.4 Å². The molecule has 7 rings (SSSR count). The molecule has 14 nitrogen and oxygen atoms in total. The molecule has 65 heavy (non-hydrogen) atoms. The van der Waals surface area contributed by atoms with Crippen LogP contribution in [-0.4, -0.2) is 133 Å². The Morgan fingerprint density at radius 2 is 1.55 bits per heavy atom. The monoisotopic (exact) mass is 915 g/mol. The summed E-state index contributed by atoms with van der Waals surface area (Å²) in [6.07, 6.45) is 10.7. The smallest absolute Gasteiger partial charge is 0.316 e. The molecule has 6 aliphatic heterocycles. The van der Waals surface area contributed by atoms with Crippen LogP contribution in [0.15, 0.2) is 59.4 Å². The molecule has 0 saturated carbocycles. The molecule has 0 aromatic heterocycles. The molecule has 0 aromatic rings. The van der Waals surface area contributed by atoms with E-state index in [-0.39, 0.29) is 42.3 Å². The van der Waals surface area contributed by atoms with Crippen LogP contribution in [0.1, 0.15) is 107 Å². The van der Waals surface area contributed by atoms with Gasteiger partial charge in [0.25, 0.3) is 0 Å². The predicted molar refractivity (Wildman–Crippen MR) is 241 cm³/mol. The van der Waals surface area contributed by atoms with Gasteiger partial charge in [0, 0.05) is 51.7 Å². The van der Waals surface area contributed by atoms with Gasteiger partial charge in [-0.1, -0.05) is 71.4 Å². The van der Waals surface area contributed by atoms with Crippen molar-refractivity contribution in [2.24, 2.45) is 35.5 Å². The fourth-order valence-electron chi connectivity index (χ4n) is 11.1. The fraction of sp³-hybridized carbons (Fsp3) is 0.784. The minimum Gasteiger partial charge on any atom is -0.494 e. The Hall–Kier alpha value is -2.47. The number of allylic oxidation sites excluding steroid dienone is 2. The maximum Gasteiger partial charge on any atom is 0.316 e. The maximum absolute atomic E-state index is 14.5. The zero-order chi connectivity index (χ0) is 47.0. The predicted octanol–water partition coefficient (Wildman–Crippen LogP) is 6.61. The number of fused-ring (bicyclic) bond motifs is 2. The van der Waals surface area contributed by atoms with E-state index in [1.807, 2.05) is 32.1 Å². The SMILES string of the molecule is COC1CC(OC2C(C)OC(OC3C(C)=CCC4CC(CC5(C=CC(C)C(C(C)CCC(C)C)O5)O4)OC(=O)C4C=C(C)C(O)C5COC(=CC=CC3C)C45O)CC2OC)OC(C)C1O. The Morgan fingerprint density at radius 1 is 0.846 bits per heavy atom. The Kier molecular flexibility index (Phi) is 16.3. The Bertz CT molecular complexity index is 1790. The van der Waals surface area contributed by atoms with Crippen LogP contribution in [0.5, 0.6) is 0 Å². The minimum absolute atomic E-state index is 0.0362. The van der Waals surface area contributed by atoms with Crippen molar-refractivity contribution in [1.82, 2.24) is 0 Å². The summed E-state index contributed by atoms with van der Waals surface area (Å²) < 4.78 is 64.1. The second-order valence-corrected chi connectivity index (χ2v) is 20.5. The molecular weight excluding hydrogens is 837 g/mol. The summed E-state index contributed by atoms with van der Waals surface area (Å²) in [6.45, 7) is 18.5. The highest BCUT2D eigenvalue weighted by Gasteiger charge is 2.61. The number of hydrogen-bond donors (Lipinski definition) is 3. The number of methoxy groups -OCH3 is 2. The highest BCUT2D eigenvalue weighted by Crippen LogP contribution is 2.49. The lowest BCUT2D eigenvalue weighted by Gasteiger charge is -2.48. The van der Waals surface area contributed by atoms with Crippen LogP contribution in [0.25, 0.3) is 0 Å². The molecule has 4 saturated heterocycles. The zero-order valence-electron chi connectivity index (χ0n) is 40.5. The van der Waals surface area contributed by atoms with Crippen LogP contribution in [0.3, 0.4) is 0 Å². The van der Waals surface area contributed by atoms with Crippen molar-refractivity contribution in [2.75, 3.05) is 20.8 Å². The highest BCUT2D eigenvalue weighted by molar-refractivity contribution is 5.78. The number of ether oxygens (including phenoxy) is 10. The molecule has 1 spiro atoms. The molecule has 7 aliphatic rings. The molecule has 0 aromatic carbocycles. The van der Waals surface area contributed by atoms with Gasteiger partial charge in [-0.2, -0.15) is 0 Å². The van der Waals surface area contributed by atoms with Crippen molar-refractivity contribution in [3.8, 4) is 0 Å². The first kappa shape index (κ1) is 50.4. The molecule has 20 atom stereocenters. The fourth-order valence-corrected chi connectivity index (χ4v) is 11.1. The van der Waals surface area contributed by atoms with Crippen molar-refractivity contribution in [3.05, 3.63) is 59.4 Å². The number of rotatable bonds is 10. The molecule has 0 amide bonds. The van der Waals surface area contributed by atoms with Gasteiger partial charge in [-0.25, -0.2) is 0 Å². The van der Waals surface area contributed by atoms with Crippen molar-refractivity contribution in [3.63, 3.8) is 0 Å². The second kappa shape index (κ2) is 21.0. The molecule has 20 unspecified atom stereocenters. The molecule has 0 radical (unpaired) electrons. The summed E-state index contributed by atoms with van der Waals surface area (Å²) in [5, 5.41) is 34.4. The number of esters is 1. The standard InChI is InChI=1S/C51H78O14/c1-27(2)15-16-30(5)47-31(6)19-20-50(65-47)25-36-22-35(64-50)18-17-29(4)46(28(3)13-12-14-41-51(55)37(49(54)61-36)21-32(7)44(52)38(51)26-58-41)62-43-24-40(57-11)48(34(9)60-43)63-42-23-39(56-10)45(53)33(8)59-42/h12-14,17,19-21,27-28,30-31,33-40,42-48,52-53,55H,15-16,18,22-26H2,1-11H3. The van der Waals surface area contributed by atoms with E-state index < -0.39 is 96.7 Å². The molecular formula is C51H78O14. The van der Waals surface area contributed by atoms with E-state index in [0.717, 1.165) is 18.4 Å². The summed E-state index contributed by atoms with van der Waals surface area (Å²) in [6, 6.07) is 0. The Morgan fingerprint density at radius 3 is 2.28 bits per heavy atom. The van der Waals surface area contributed by atoms with Crippen LogP contribution in [0, 0.1) is 35.5 Å². The summed E-state index contributed by atoms with van der Waals surface area (Å²) in [4.78, 5) is 14.5. The highest BCUT2D eigenvalue weighted by atomic mass is 16.7. The summed E-state index contributed by atoms with van der Waals surface area (Å²) in [5.74, 6) is -2.61. The van der Waals surface area contributed by atoms with E-state index >= 15 is 0 Å². The van der Waals surface area contributed by atoms with Crippen LogP contribution in [0.4, 0.5) is 0 Å². The number of carbonyl (C=O) groups is 1. The summed E-state index contributed by atoms with van der Waals surface area (Å²) in [5.41, 5.74) is -0.300. The Balaban J connectivity index is 1.18. The first-order chi connectivity index (χ1) is 30.9. The molecule has 366 valence electrons. The average molecular weight is 915 g/mol. The first-order valence-electron chi connectivity index (χ1n) is 24.2. The largest absolute Gasteiger partial charge is 0.494 e. The van der Waals surface area contributed by atoms with Crippen LogP contribution in [-0.2, 0) is 52.2 Å². The van der Waals surface area contributed by atoms with Gasteiger partial charge < -0.3 is 62.7 Å². The topological polar surface area (TPSA) is 170 Å². The van der Waals surface area contributed by atoms with Crippen molar-refractivity contribution in [1.29, 1.82) is 0 Å². The number of aliphatic hydroxyl groups is 3. The van der Waals surface area contributed by atoms with Gasteiger partial charge in [0.1, 0.15) is 35.6 Å². The van der Waals surface area contributed by atoms with E-state index in [4.69, 9.17) is 47.4 Å². The number of carbonyl (C=O) groups excluding carboxylic acids is 1. The molecule has 14 heteroatoms. The zero-order valence-corrected chi connectivity index (χ0v) is 40.5. The normalized spacial score (nSPS) is 45.3. The van der Waals surface area contributed by atoms with Gasteiger partial charge >= 0.3 is 5.97 Å². The van der Waals surface area contributed by atoms with E-state index in [1.54, 1.807) is 40.2 Å². The van der Waals surface area contributed by atoms with Gasteiger partial charge in [-0.3, -0.25) is 4.79 Å². The number of aliphatic hydroxyl groups excluding tert-OH is 2. The number of hydrogen-bond acceptors (Lipinski definition) is 14. The van der Waals surface area contributed by atoms with Gasteiger partial charge in [0.2, 0.25) is 0 Å². The third-order valence-corrected chi connectivity index (χ3v) is 15.1. The van der Waals surface area contributed by atoms with Crippen LogP contribution in [0.2, 0.25) is 0 Å². The summed E-state index contributed by atoms with van der Waals surface area (Å²) >= 11 is 0. The molecule has 6 heterocycles.